The van der Waals surface area contributed by atoms with Crippen molar-refractivity contribution in [2.75, 3.05) is 13.2 Å². The van der Waals surface area contributed by atoms with Crippen LogP contribution in [0.3, 0.4) is 0 Å². The van der Waals surface area contributed by atoms with Crippen molar-refractivity contribution in [2.24, 2.45) is 0 Å². The Bertz CT molecular complexity index is 1350. The standard InChI is InChI=1S/C65H119NO8/c1-3-5-7-9-11-13-15-17-19-21-23-24-25-26-27-28-29-30-31-32-33-34-35-36-37-39-41-43-45-47-49-51-53-55-61(69)66-58(57-73-65-64(72)63(71)62(70)60(56-67)74-65)59(68)54-52-50-48-46-44-42-40-38-22-20-18-16-14-12-10-8-6-4-2/h5,7,11,13,17,19,23-24,52,54,58-60,62-65,67-68,70-72H,3-4,6,8-10,12,14-16,18,20-22,25-51,53,55-57H2,1-2H3,(H,66,69)/b7-5-,13-11-,19-17-,24-23-,54-52+. The number of allylic oxidation sites excluding steroid dienone is 9. The normalized spacial score (nSPS) is 19.4. The number of carbonyl (C=O) groups is 1. The van der Waals surface area contributed by atoms with Crippen LogP contribution >= 0.6 is 0 Å². The molecule has 0 bridgehead atoms. The molecule has 7 atom stereocenters. The van der Waals surface area contributed by atoms with Crippen LogP contribution in [0.2, 0.25) is 0 Å². The van der Waals surface area contributed by atoms with Crippen LogP contribution in [-0.4, -0.2) is 87.5 Å². The van der Waals surface area contributed by atoms with E-state index in [2.05, 4.69) is 67.8 Å². The summed E-state index contributed by atoms with van der Waals surface area (Å²) >= 11 is 0. The molecule has 1 heterocycles. The second kappa shape index (κ2) is 54.3. The topological polar surface area (TPSA) is 149 Å². The fraction of sp³-hybridized carbons (Fsp3) is 0.831. The van der Waals surface area contributed by atoms with Crippen molar-refractivity contribution in [2.45, 2.75) is 333 Å². The summed E-state index contributed by atoms with van der Waals surface area (Å²) in [6.07, 6.45) is 67.3. The minimum Gasteiger partial charge on any atom is -0.394 e. The lowest BCUT2D eigenvalue weighted by molar-refractivity contribution is -0.302. The smallest absolute Gasteiger partial charge is 0.220 e. The van der Waals surface area contributed by atoms with Gasteiger partial charge < -0.3 is 40.3 Å². The van der Waals surface area contributed by atoms with E-state index in [9.17, 15) is 30.3 Å². The molecule has 9 heteroatoms. The van der Waals surface area contributed by atoms with Gasteiger partial charge in [0.2, 0.25) is 5.91 Å². The molecule has 7 unspecified atom stereocenters. The van der Waals surface area contributed by atoms with Crippen LogP contribution in [0.4, 0.5) is 0 Å². The van der Waals surface area contributed by atoms with Crippen LogP contribution in [0.15, 0.2) is 60.8 Å². The first-order valence-electron chi connectivity index (χ1n) is 31.5. The molecule has 0 aliphatic carbocycles. The van der Waals surface area contributed by atoms with Gasteiger partial charge in [-0.3, -0.25) is 4.79 Å². The largest absolute Gasteiger partial charge is 0.394 e. The third-order valence-electron chi connectivity index (χ3n) is 14.8. The monoisotopic (exact) mass is 1040 g/mol. The van der Waals surface area contributed by atoms with Crippen molar-refractivity contribution in [3.05, 3.63) is 60.8 Å². The van der Waals surface area contributed by atoms with Crippen LogP contribution in [0.25, 0.3) is 0 Å². The van der Waals surface area contributed by atoms with Crippen LogP contribution in [0.1, 0.15) is 290 Å². The molecule has 0 aromatic heterocycles. The fourth-order valence-electron chi connectivity index (χ4n) is 9.92. The predicted molar refractivity (Wildman–Crippen MR) is 313 cm³/mol. The molecule has 0 radical (unpaired) electrons. The van der Waals surface area contributed by atoms with E-state index in [-0.39, 0.29) is 12.5 Å². The van der Waals surface area contributed by atoms with Gasteiger partial charge >= 0.3 is 0 Å². The Morgan fingerprint density at radius 2 is 0.838 bits per heavy atom. The van der Waals surface area contributed by atoms with Crippen LogP contribution < -0.4 is 5.32 Å². The maximum atomic E-state index is 13.1. The summed E-state index contributed by atoms with van der Waals surface area (Å²) in [5.41, 5.74) is 0. The number of hydrogen-bond acceptors (Lipinski definition) is 8. The van der Waals surface area contributed by atoms with Crippen molar-refractivity contribution < 1.29 is 39.8 Å². The van der Waals surface area contributed by atoms with E-state index in [1.54, 1.807) is 6.08 Å². The second-order valence-corrected chi connectivity index (χ2v) is 21.8. The first kappa shape index (κ1) is 69.9. The van der Waals surface area contributed by atoms with Gasteiger partial charge in [-0.25, -0.2) is 0 Å². The van der Waals surface area contributed by atoms with Gasteiger partial charge in [-0.15, -0.1) is 0 Å². The zero-order valence-corrected chi connectivity index (χ0v) is 48.1. The summed E-state index contributed by atoms with van der Waals surface area (Å²) in [4.78, 5) is 13.1. The van der Waals surface area contributed by atoms with Gasteiger partial charge in [-0.05, 0) is 57.8 Å². The lowest BCUT2D eigenvalue weighted by atomic mass is 9.99. The van der Waals surface area contributed by atoms with Crippen molar-refractivity contribution >= 4 is 5.91 Å². The third-order valence-corrected chi connectivity index (χ3v) is 14.8. The second-order valence-electron chi connectivity index (χ2n) is 21.8. The van der Waals surface area contributed by atoms with E-state index in [0.717, 1.165) is 64.2 Å². The Labute approximate surface area is 456 Å². The van der Waals surface area contributed by atoms with Crippen LogP contribution in [-0.2, 0) is 14.3 Å². The number of aliphatic hydroxyl groups is 5. The van der Waals surface area contributed by atoms with E-state index in [1.165, 1.54) is 205 Å². The first-order chi connectivity index (χ1) is 36.3. The van der Waals surface area contributed by atoms with Crippen molar-refractivity contribution in [3.63, 3.8) is 0 Å². The highest BCUT2D eigenvalue weighted by molar-refractivity contribution is 5.76. The summed E-state index contributed by atoms with van der Waals surface area (Å²) < 4.78 is 11.3. The van der Waals surface area contributed by atoms with Crippen molar-refractivity contribution in [1.82, 2.24) is 5.32 Å². The summed E-state index contributed by atoms with van der Waals surface area (Å²) in [6.45, 7) is 3.69. The zero-order valence-electron chi connectivity index (χ0n) is 48.1. The summed E-state index contributed by atoms with van der Waals surface area (Å²) in [5.74, 6) is -0.173. The number of rotatable bonds is 54. The fourth-order valence-corrected chi connectivity index (χ4v) is 9.92. The summed E-state index contributed by atoms with van der Waals surface area (Å²) in [6, 6.07) is -0.805. The zero-order chi connectivity index (χ0) is 53.6. The molecule has 0 aromatic carbocycles. The molecule has 1 fully saturated rings. The Kier molecular flexibility index (Phi) is 51.3. The van der Waals surface area contributed by atoms with Gasteiger partial charge in [0.25, 0.3) is 0 Å². The molecule has 1 saturated heterocycles. The molecule has 1 aliphatic rings. The molecular formula is C65H119NO8. The highest BCUT2D eigenvalue weighted by Crippen LogP contribution is 2.23. The molecule has 0 aromatic rings. The van der Waals surface area contributed by atoms with Gasteiger partial charge in [0, 0.05) is 6.42 Å². The average Bonchev–Trinajstić information content (AvgIpc) is 3.40. The summed E-state index contributed by atoms with van der Waals surface area (Å²) in [7, 11) is 0. The van der Waals surface area contributed by atoms with Crippen LogP contribution in [0.5, 0.6) is 0 Å². The van der Waals surface area contributed by atoms with E-state index >= 15 is 0 Å². The number of carbonyl (C=O) groups excluding carboxylic acids is 1. The van der Waals surface area contributed by atoms with Gasteiger partial charge in [0.05, 0.1) is 25.4 Å². The Hall–Kier alpha value is -2.11. The molecule has 0 spiro atoms. The minimum absolute atomic E-state index is 0.173. The van der Waals surface area contributed by atoms with E-state index < -0.39 is 49.5 Å². The highest BCUT2D eigenvalue weighted by atomic mass is 16.7. The SMILES string of the molecule is CC/C=C\C/C=C\C/C=C\C/C=C\CCCCCCCCCCCCCCCCCCCCCCC(=O)NC(COC1OC(CO)C(O)C(O)C1O)C(O)/C=C/CCCCCCCCCCCCCCCCCC. The number of nitrogens with one attached hydrogen (secondary N) is 1. The maximum absolute atomic E-state index is 13.1. The molecule has 0 saturated carbocycles. The quantitative estimate of drug-likeness (QED) is 0.0261. The molecule has 74 heavy (non-hydrogen) atoms. The van der Waals surface area contributed by atoms with Gasteiger partial charge in [0.1, 0.15) is 24.4 Å². The van der Waals surface area contributed by atoms with Crippen molar-refractivity contribution in [3.8, 4) is 0 Å². The number of ether oxygens (including phenoxy) is 2. The van der Waals surface area contributed by atoms with Crippen LogP contribution in [0, 0.1) is 0 Å². The predicted octanol–water partition coefficient (Wildman–Crippen LogP) is 16.2. The molecule has 9 nitrogen and oxygen atoms in total. The van der Waals surface area contributed by atoms with Gasteiger partial charge in [-0.2, -0.15) is 0 Å². The van der Waals surface area contributed by atoms with Crippen molar-refractivity contribution in [1.29, 1.82) is 0 Å². The number of aliphatic hydroxyl groups excluding tert-OH is 5. The molecule has 1 amide bonds. The van der Waals surface area contributed by atoms with Gasteiger partial charge in [-0.1, -0.05) is 286 Å². The molecule has 1 aliphatic heterocycles. The maximum Gasteiger partial charge on any atom is 0.220 e. The van der Waals surface area contributed by atoms with E-state index in [4.69, 9.17) is 9.47 Å². The third kappa shape index (κ3) is 42.9. The molecule has 6 N–H and O–H groups in total. The van der Waals surface area contributed by atoms with Gasteiger partial charge in [0.15, 0.2) is 6.29 Å². The lowest BCUT2D eigenvalue weighted by Gasteiger charge is -2.40. The van der Waals surface area contributed by atoms with E-state index in [1.807, 2.05) is 6.08 Å². The van der Waals surface area contributed by atoms with E-state index in [0.29, 0.717) is 6.42 Å². The first-order valence-corrected chi connectivity index (χ1v) is 31.5. The summed E-state index contributed by atoms with van der Waals surface area (Å²) in [5, 5.41) is 54.6. The average molecular weight is 1040 g/mol. The Morgan fingerprint density at radius 3 is 1.24 bits per heavy atom. The number of unbranched alkanes of at least 4 members (excludes halogenated alkanes) is 36. The number of amides is 1. The highest BCUT2D eigenvalue weighted by Gasteiger charge is 2.44. The minimum atomic E-state index is -1.57. The Morgan fingerprint density at radius 1 is 0.473 bits per heavy atom. The molecule has 1 rings (SSSR count). The lowest BCUT2D eigenvalue weighted by Crippen LogP contribution is -2.60. The number of hydrogen-bond donors (Lipinski definition) is 6. The molecular weight excluding hydrogens is 923 g/mol. The Balaban J connectivity index is 2.13. The molecule has 432 valence electrons.